The highest BCUT2D eigenvalue weighted by atomic mass is 32.2. The van der Waals surface area contributed by atoms with Gasteiger partial charge in [0.25, 0.3) is 0 Å². The SMILES string of the molecule is CCC(NS(=O)(=O)c1ccc2c(c1)N(C)CCO2)C(=O)O. The number of anilines is 1. The lowest BCUT2D eigenvalue weighted by Gasteiger charge is -2.28. The van der Waals surface area contributed by atoms with E-state index in [0.29, 0.717) is 24.6 Å². The van der Waals surface area contributed by atoms with Crippen LogP contribution in [0.4, 0.5) is 5.69 Å². The highest BCUT2D eigenvalue weighted by molar-refractivity contribution is 7.89. The van der Waals surface area contributed by atoms with E-state index in [9.17, 15) is 13.2 Å². The summed E-state index contributed by atoms with van der Waals surface area (Å²) in [6.45, 7) is 2.82. The number of carbonyl (C=O) groups is 1. The van der Waals surface area contributed by atoms with Crippen LogP contribution in [0.3, 0.4) is 0 Å². The van der Waals surface area contributed by atoms with Crippen LogP contribution in [0.25, 0.3) is 0 Å². The fourth-order valence-corrected chi connectivity index (χ4v) is 3.35. The zero-order valence-electron chi connectivity index (χ0n) is 11.9. The number of ether oxygens (including phenoxy) is 1. The molecule has 21 heavy (non-hydrogen) atoms. The molecule has 0 bridgehead atoms. The van der Waals surface area contributed by atoms with Crippen molar-refractivity contribution in [2.75, 3.05) is 25.1 Å². The van der Waals surface area contributed by atoms with Gasteiger partial charge in [-0.1, -0.05) is 6.92 Å². The van der Waals surface area contributed by atoms with E-state index in [2.05, 4.69) is 4.72 Å². The van der Waals surface area contributed by atoms with Crippen molar-refractivity contribution >= 4 is 21.7 Å². The van der Waals surface area contributed by atoms with Gasteiger partial charge < -0.3 is 14.7 Å². The average molecular weight is 314 g/mol. The second-order valence-electron chi connectivity index (χ2n) is 4.82. The monoisotopic (exact) mass is 314 g/mol. The van der Waals surface area contributed by atoms with Crippen molar-refractivity contribution in [1.29, 1.82) is 0 Å². The Morgan fingerprint density at radius 2 is 2.24 bits per heavy atom. The predicted molar refractivity (Wildman–Crippen MR) is 77.2 cm³/mol. The summed E-state index contributed by atoms with van der Waals surface area (Å²) in [7, 11) is -2.04. The van der Waals surface area contributed by atoms with Crippen LogP contribution in [0, 0.1) is 0 Å². The molecule has 1 aliphatic rings. The van der Waals surface area contributed by atoms with Crippen molar-refractivity contribution in [1.82, 2.24) is 4.72 Å². The topological polar surface area (TPSA) is 95.9 Å². The van der Waals surface area contributed by atoms with Gasteiger partial charge in [0, 0.05) is 7.05 Å². The zero-order chi connectivity index (χ0) is 15.6. The normalized spacial score (nSPS) is 16.0. The highest BCUT2D eigenvalue weighted by Gasteiger charge is 2.25. The molecule has 7 nitrogen and oxygen atoms in total. The Balaban J connectivity index is 2.33. The Morgan fingerprint density at radius 1 is 1.52 bits per heavy atom. The first-order valence-corrected chi connectivity index (χ1v) is 8.06. The van der Waals surface area contributed by atoms with Gasteiger partial charge in [-0.2, -0.15) is 4.72 Å². The van der Waals surface area contributed by atoms with E-state index < -0.39 is 22.0 Å². The van der Waals surface area contributed by atoms with Gasteiger partial charge in [-0.15, -0.1) is 0 Å². The van der Waals surface area contributed by atoms with Crippen LogP contribution in [-0.4, -0.2) is 45.7 Å². The Morgan fingerprint density at radius 3 is 2.86 bits per heavy atom. The molecular formula is C13H18N2O5S. The van der Waals surface area contributed by atoms with Crippen molar-refractivity contribution in [2.24, 2.45) is 0 Å². The van der Waals surface area contributed by atoms with E-state index in [1.165, 1.54) is 12.1 Å². The molecule has 1 heterocycles. The number of carboxylic acid groups (broad SMARTS) is 1. The molecule has 116 valence electrons. The molecule has 0 saturated heterocycles. The zero-order valence-corrected chi connectivity index (χ0v) is 12.7. The molecule has 0 radical (unpaired) electrons. The lowest BCUT2D eigenvalue weighted by atomic mass is 10.2. The van der Waals surface area contributed by atoms with Crippen molar-refractivity contribution in [3.05, 3.63) is 18.2 Å². The number of likely N-dealkylation sites (N-methyl/N-ethyl adjacent to an activating group) is 1. The van der Waals surface area contributed by atoms with Gasteiger partial charge in [0.2, 0.25) is 10.0 Å². The molecule has 1 unspecified atom stereocenters. The van der Waals surface area contributed by atoms with E-state index >= 15 is 0 Å². The molecular weight excluding hydrogens is 296 g/mol. The third kappa shape index (κ3) is 3.27. The maximum Gasteiger partial charge on any atom is 0.321 e. The second-order valence-corrected chi connectivity index (χ2v) is 6.53. The standard InChI is InChI=1S/C13H18N2O5S/c1-3-10(13(16)17)14-21(18,19)9-4-5-12-11(8-9)15(2)6-7-20-12/h4-5,8,10,14H,3,6-7H2,1-2H3,(H,16,17). The van der Waals surface area contributed by atoms with E-state index in [0.717, 1.165) is 0 Å². The number of hydrogen-bond acceptors (Lipinski definition) is 5. The largest absolute Gasteiger partial charge is 0.490 e. The summed E-state index contributed by atoms with van der Waals surface area (Å²) in [4.78, 5) is 12.9. The summed E-state index contributed by atoms with van der Waals surface area (Å²) in [6, 6.07) is 3.35. The highest BCUT2D eigenvalue weighted by Crippen LogP contribution is 2.32. The van der Waals surface area contributed by atoms with Crippen LogP contribution >= 0.6 is 0 Å². The second kappa shape index (κ2) is 5.90. The molecule has 0 aliphatic carbocycles. The van der Waals surface area contributed by atoms with Gasteiger partial charge in [-0.05, 0) is 24.6 Å². The predicted octanol–water partition coefficient (Wildman–Crippen LogP) is 0.657. The molecule has 1 aromatic rings. The van der Waals surface area contributed by atoms with E-state index in [4.69, 9.17) is 9.84 Å². The van der Waals surface area contributed by atoms with Gasteiger partial charge in [-0.25, -0.2) is 8.42 Å². The fourth-order valence-electron chi connectivity index (χ4n) is 2.06. The summed E-state index contributed by atoms with van der Waals surface area (Å²) >= 11 is 0. The van der Waals surface area contributed by atoms with E-state index in [1.807, 2.05) is 11.9 Å². The molecule has 0 spiro atoms. The number of nitrogens with one attached hydrogen (secondary N) is 1. The summed E-state index contributed by atoms with van der Waals surface area (Å²) in [5, 5.41) is 8.96. The summed E-state index contributed by atoms with van der Waals surface area (Å²) in [5.74, 6) is -0.576. The van der Waals surface area contributed by atoms with Crippen molar-refractivity contribution in [3.63, 3.8) is 0 Å². The maximum atomic E-state index is 12.3. The lowest BCUT2D eigenvalue weighted by molar-refractivity contribution is -0.139. The quantitative estimate of drug-likeness (QED) is 0.829. The molecule has 1 atom stereocenters. The number of fused-ring (bicyclic) bond motifs is 1. The summed E-state index contributed by atoms with van der Waals surface area (Å²) in [6.07, 6.45) is 0.169. The number of hydrogen-bond donors (Lipinski definition) is 2. The number of rotatable bonds is 5. The van der Waals surface area contributed by atoms with Gasteiger partial charge in [0.05, 0.1) is 17.1 Å². The number of benzene rings is 1. The van der Waals surface area contributed by atoms with Gasteiger partial charge in [-0.3, -0.25) is 4.79 Å². The lowest BCUT2D eigenvalue weighted by Crippen LogP contribution is -2.40. The van der Waals surface area contributed by atoms with Crippen LogP contribution in [0.1, 0.15) is 13.3 Å². The Kier molecular flexibility index (Phi) is 4.38. The number of sulfonamides is 1. The van der Waals surface area contributed by atoms with Crippen molar-refractivity contribution in [2.45, 2.75) is 24.3 Å². The third-order valence-electron chi connectivity index (χ3n) is 3.34. The molecule has 8 heteroatoms. The van der Waals surface area contributed by atoms with Crippen LogP contribution < -0.4 is 14.4 Å². The van der Waals surface area contributed by atoms with Crippen molar-refractivity contribution < 1.29 is 23.1 Å². The minimum atomic E-state index is -3.89. The number of aliphatic carboxylic acids is 1. The molecule has 0 fully saturated rings. The minimum absolute atomic E-state index is 0.0262. The maximum absolute atomic E-state index is 12.3. The van der Waals surface area contributed by atoms with Gasteiger partial charge in [0.1, 0.15) is 18.4 Å². The van der Waals surface area contributed by atoms with Gasteiger partial charge >= 0.3 is 5.97 Å². The molecule has 1 aliphatic heterocycles. The Labute approximate surface area is 123 Å². The average Bonchev–Trinajstić information content (AvgIpc) is 2.44. The molecule has 1 aromatic carbocycles. The molecule has 2 rings (SSSR count). The summed E-state index contributed by atoms with van der Waals surface area (Å²) < 4.78 is 32.2. The molecule has 2 N–H and O–H groups in total. The molecule has 0 saturated carbocycles. The minimum Gasteiger partial charge on any atom is -0.490 e. The number of nitrogens with zero attached hydrogens (tertiary/aromatic N) is 1. The molecule has 0 aromatic heterocycles. The smallest absolute Gasteiger partial charge is 0.321 e. The van der Waals surface area contributed by atoms with Crippen LogP contribution in [-0.2, 0) is 14.8 Å². The number of carboxylic acids is 1. The first-order valence-electron chi connectivity index (χ1n) is 6.58. The van der Waals surface area contributed by atoms with Crippen LogP contribution in [0.15, 0.2) is 23.1 Å². The van der Waals surface area contributed by atoms with Gasteiger partial charge in [0.15, 0.2) is 0 Å². The summed E-state index contributed by atoms with van der Waals surface area (Å²) in [5.41, 5.74) is 0.674. The van der Waals surface area contributed by atoms with Crippen LogP contribution in [0.5, 0.6) is 5.75 Å². The first-order chi connectivity index (χ1) is 9.85. The van der Waals surface area contributed by atoms with E-state index in [1.54, 1.807) is 13.0 Å². The Bertz CT molecular complexity index is 644. The molecule has 0 amide bonds. The van der Waals surface area contributed by atoms with Crippen molar-refractivity contribution in [3.8, 4) is 5.75 Å². The van der Waals surface area contributed by atoms with Crippen LogP contribution in [0.2, 0.25) is 0 Å². The van der Waals surface area contributed by atoms with E-state index in [-0.39, 0.29) is 11.3 Å². The fraction of sp³-hybridized carbons (Fsp3) is 0.462. The third-order valence-corrected chi connectivity index (χ3v) is 4.81. The first kappa shape index (κ1) is 15.6. The Hall–Kier alpha value is -1.80.